The van der Waals surface area contributed by atoms with Gasteiger partial charge in [-0.15, -0.1) is 0 Å². The van der Waals surface area contributed by atoms with Crippen molar-refractivity contribution in [3.05, 3.63) is 46.8 Å². The highest BCUT2D eigenvalue weighted by Crippen LogP contribution is 2.14. The second kappa shape index (κ2) is 7.70. The van der Waals surface area contributed by atoms with Crippen molar-refractivity contribution in [2.45, 2.75) is 27.3 Å². The molecule has 7 nitrogen and oxygen atoms in total. The Balaban J connectivity index is 1.67. The van der Waals surface area contributed by atoms with Gasteiger partial charge in [-0.2, -0.15) is 5.10 Å². The molecule has 0 aliphatic carbocycles. The van der Waals surface area contributed by atoms with Crippen LogP contribution in [-0.2, 0) is 16.1 Å². The highest BCUT2D eigenvalue weighted by molar-refractivity contribution is 5.93. The van der Waals surface area contributed by atoms with Crippen LogP contribution >= 0.6 is 0 Å². The zero-order valence-electron chi connectivity index (χ0n) is 15.4. The van der Waals surface area contributed by atoms with Crippen molar-refractivity contribution in [3.8, 4) is 0 Å². The third-order valence-corrected chi connectivity index (χ3v) is 4.30. The van der Waals surface area contributed by atoms with Gasteiger partial charge in [0.15, 0.2) is 5.69 Å². The average Bonchev–Trinajstić information content (AvgIpc) is 2.94. The van der Waals surface area contributed by atoms with Crippen molar-refractivity contribution in [2.75, 3.05) is 31.6 Å². The molecule has 2 aromatic rings. The quantitative estimate of drug-likeness (QED) is 0.908. The van der Waals surface area contributed by atoms with Crippen LogP contribution in [0, 0.1) is 20.8 Å². The van der Waals surface area contributed by atoms with Crippen LogP contribution in [0.4, 0.5) is 5.69 Å². The van der Waals surface area contributed by atoms with Crippen LogP contribution in [0.25, 0.3) is 0 Å². The second-order valence-electron chi connectivity index (χ2n) is 6.66. The number of hydrogen-bond acceptors (Lipinski definition) is 4. The van der Waals surface area contributed by atoms with Crippen LogP contribution in [0.2, 0.25) is 0 Å². The van der Waals surface area contributed by atoms with Gasteiger partial charge in [0, 0.05) is 24.5 Å². The maximum Gasteiger partial charge on any atom is 0.274 e. The highest BCUT2D eigenvalue weighted by Gasteiger charge is 2.22. The summed E-state index contributed by atoms with van der Waals surface area (Å²) >= 11 is 0. The molecule has 0 saturated carbocycles. The number of aromatic nitrogens is 2. The molecule has 1 aromatic carbocycles. The van der Waals surface area contributed by atoms with Crippen LogP contribution in [0.15, 0.2) is 24.3 Å². The SMILES string of the molecule is Cc1cc(C)cc(NC(=O)Cn2nc(C(=O)N3CCOCC3)cc2C)c1. The third kappa shape index (κ3) is 4.29. The molecule has 7 heteroatoms. The number of anilines is 1. The summed E-state index contributed by atoms with van der Waals surface area (Å²) < 4.78 is 6.83. The minimum Gasteiger partial charge on any atom is -0.378 e. The smallest absolute Gasteiger partial charge is 0.274 e. The number of nitrogens with one attached hydrogen (secondary N) is 1. The zero-order chi connectivity index (χ0) is 18.7. The van der Waals surface area contributed by atoms with Crippen molar-refractivity contribution < 1.29 is 14.3 Å². The van der Waals surface area contributed by atoms with E-state index in [9.17, 15) is 9.59 Å². The monoisotopic (exact) mass is 356 g/mol. The van der Waals surface area contributed by atoms with Crippen LogP contribution in [0.1, 0.15) is 27.3 Å². The van der Waals surface area contributed by atoms with E-state index in [1.807, 2.05) is 32.9 Å². The first-order valence-corrected chi connectivity index (χ1v) is 8.72. The van der Waals surface area contributed by atoms with E-state index in [1.165, 1.54) is 0 Å². The Bertz CT molecular complexity index is 802. The fourth-order valence-electron chi connectivity index (χ4n) is 3.09. The van der Waals surface area contributed by atoms with E-state index in [-0.39, 0.29) is 18.4 Å². The predicted octanol–water partition coefficient (Wildman–Crippen LogP) is 1.92. The van der Waals surface area contributed by atoms with Gasteiger partial charge < -0.3 is 15.0 Å². The van der Waals surface area contributed by atoms with Gasteiger partial charge in [-0.05, 0) is 50.1 Å². The number of carbonyl (C=O) groups is 2. The number of hydrogen-bond donors (Lipinski definition) is 1. The summed E-state index contributed by atoms with van der Waals surface area (Å²) in [5.41, 5.74) is 4.09. The molecule has 1 saturated heterocycles. The van der Waals surface area contributed by atoms with Gasteiger partial charge >= 0.3 is 0 Å². The third-order valence-electron chi connectivity index (χ3n) is 4.30. The highest BCUT2D eigenvalue weighted by atomic mass is 16.5. The van der Waals surface area contributed by atoms with Gasteiger partial charge in [0.25, 0.3) is 5.91 Å². The molecule has 1 fully saturated rings. The average molecular weight is 356 g/mol. The molecular weight excluding hydrogens is 332 g/mol. The molecule has 2 heterocycles. The summed E-state index contributed by atoms with van der Waals surface area (Å²) in [5.74, 6) is -0.295. The lowest BCUT2D eigenvalue weighted by Crippen LogP contribution is -2.40. The molecule has 0 spiro atoms. The normalized spacial score (nSPS) is 14.3. The lowest BCUT2D eigenvalue weighted by atomic mass is 10.1. The Morgan fingerprint density at radius 3 is 2.38 bits per heavy atom. The van der Waals surface area contributed by atoms with Gasteiger partial charge in [0.05, 0.1) is 13.2 Å². The molecule has 3 rings (SSSR count). The summed E-state index contributed by atoms with van der Waals surface area (Å²) in [7, 11) is 0. The first-order chi connectivity index (χ1) is 12.4. The first-order valence-electron chi connectivity index (χ1n) is 8.72. The van der Waals surface area contributed by atoms with E-state index in [4.69, 9.17) is 4.74 Å². The Kier molecular flexibility index (Phi) is 5.37. The number of morpholine rings is 1. The van der Waals surface area contributed by atoms with E-state index >= 15 is 0 Å². The van der Waals surface area contributed by atoms with Crippen LogP contribution in [0.5, 0.6) is 0 Å². The molecule has 0 atom stereocenters. The molecule has 0 bridgehead atoms. The number of aryl methyl sites for hydroxylation is 3. The van der Waals surface area contributed by atoms with E-state index in [1.54, 1.807) is 15.6 Å². The van der Waals surface area contributed by atoms with Crippen LogP contribution < -0.4 is 5.32 Å². The van der Waals surface area contributed by atoms with Crippen molar-refractivity contribution in [1.29, 1.82) is 0 Å². The van der Waals surface area contributed by atoms with Crippen LogP contribution in [0.3, 0.4) is 0 Å². The van der Waals surface area contributed by atoms with Crippen molar-refractivity contribution in [3.63, 3.8) is 0 Å². The summed E-state index contributed by atoms with van der Waals surface area (Å²) in [6.45, 7) is 8.11. The number of benzene rings is 1. The Morgan fingerprint density at radius 1 is 1.08 bits per heavy atom. The number of ether oxygens (including phenoxy) is 1. The molecule has 1 aliphatic rings. The zero-order valence-corrected chi connectivity index (χ0v) is 15.4. The molecule has 26 heavy (non-hydrogen) atoms. The Labute approximate surface area is 152 Å². The van der Waals surface area contributed by atoms with E-state index in [0.717, 1.165) is 22.5 Å². The molecule has 0 unspecified atom stereocenters. The van der Waals surface area contributed by atoms with Gasteiger partial charge in [0.2, 0.25) is 5.91 Å². The lowest BCUT2D eigenvalue weighted by Gasteiger charge is -2.25. The predicted molar refractivity (Wildman–Crippen MR) is 98.2 cm³/mol. The van der Waals surface area contributed by atoms with Crippen molar-refractivity contribution in [2.24, 2.45) is 0 Å². The molecule has 1 N–H and O–H groups in total. The number of nitrogens with zero attached hydrogens (tertiary/aromatic N) is 3. The molecule has 1 aromatic heterocycles. The largest absolute Gasteiger partial charge is 0.378 e. The maximum absolute atomic E-state index is 12.5. The van der Waals surface area contributed by atoms with E-state index < -0.39 is 0 Å². The molecule has 138 valence electrons. The minimum atomic E-state index is -0.174. The van der Waals surface area contributed by atoms with E-state index in [0.29, 0.717) is 32.0 Å². The molecule has 1 aliphatic heterocycles. The fraction of sp³-hybridized carbons (Fsp3) is 0.421. The summed E-state index contributed by atoms with van der Waals surface area (Å²) in [5, 5.41) is 7.21. The Hall–Kier alpha value is -2.67. The topological polar surface area (TPSA) is 76.5 Å². The summed E-state index contributed by atoms with van der Waals surface area (Å²) in [6, 6.07) is 7.63. The maximum atomic E-state index is 12.5. The summed E-state index contributed by atoms with van der Waals surface area (Å²) in [4.78, 5) is 26.6. The fourth-order valence-corrected chi connectivity index (χ4v) is 3.09. The minimum absolute atomic E-state index is 0.0647. The standard InChI is InChI=1S/C19H24N4O3/c1-13-8-14(2)10-16(9-13)20-18(24)12-23-15(3)11-17(21-23)19(25)22-4-6-26-7-5-22/h8-11H,4-7,12H2,1-3H3,(H,20,24). The Morgan fingerprint density at radius 2 is 1.73 bits per heavy atom. The van der Waals surface area contributed by atoms with E-state index in [2.05, 4.69) is 16.5 Å². The van der Waals surface area contributed by atoms with Crippen molar-refractivity contribution >= 4 is 17.5 Å². The first kappa shape index (κ1) is 18.1. The van der Waals surface area contributed by atoms with Gasteiger partial charge in [0.1, 0.15) is 6.54 Å². The number of amides is 2. The summed E-state index contributed by atoms with van der Waals surface area (Å²) in [6.07, 6.45) is 0. The second-order valence-corrected chi connectivity index (χ2v) is 6.66. The number of carbonyl (C=O) groups excluding carboxylic acids is 2. The number of rotatable bonds is 4. The molecule has 0 radical (unpaired) electrons. The van der Waals surface area contributed by atoms with Crippen molar-refractivity contribution in [1.82, 2.24) is 14.7 Å². The van der Waals surface area contributed by atoms with Gasteiger partial charge in [-0.1, -0.05) is 6.07 Å². The van der Waals surface area contributed by atoms with Gasteiger partial charge in [-0.25, -0.2) is 0 Å². The van der Waals surface area contributed by atoms with Gasteiger partial charge in [-0.3, -0.25) is 14.3 Å². The molecular formula is C19H24N4O3. The molecule has 2 amide bonds. The lowest BCUT2D eigenvalue weighted by molar-refractivity contribution is -0.116. The van der Waals surface area contributed by atoms with Crippen LogP contribution in [-0.4, -0.2) is 52.8 Å².